The molecule has 1 N–H and O–H groups in total. The molecule has 1 saturated carbocycles. The molecule has 11 heteroatoms. The van der Waals surface area contributed by atoms with E-state index in [2.05, 4.69) is 27.0 Å². The first-order valence-electron chi connectivity index (χ1n) is 13.9. The molecule has 0 spiro atoms. The van der Waals surface area contributed by atoms with Gasteiger partial charge in [-0.15, -0.1) is 0 Å². The van der Waals surface area contributed by atoms with Crippen LogP contribution in [-0.2, 0) is 17.6 Å². The van der Waals surface area contributed by atoms with Crippen LogP contribution in [0.3, 0.4) is 0 Å². The number of nitrogens with one attached hydrogen (secondary N) is 1. The van der Waals surface area contributed by atoms with Crippen molar-refractivity contribution in [1.29, 1.82) is 0 Å². The zero-order valence-corrected chi connectivity index (χ0v) is 23.0. The molecule has 0 bridgehead atoms. The van der Waals surface area contributed by atoms with Gasteiger partial charge in [-0.25, -0.2) is 24.3 Å². The number of hydrogen-bond acceptors (Lipinski definition) is 9. The Hall–Kier alpha value is -4.51. The molecule has 0 amide bonds. The number of aromatic nitrogens is 5. The number of hydrogen-bond donors (Lipinski definition) is 1. The van der Waals surface area contributed by atoms with Crippen molar-refractivity contribution in [3.63, 3.8) is 0 Å². The molecule has 6 rings (SSSR count). The lowest BCUT2D eigenvalue weighted by molar-refractivity contribution is 0.165. The van der Waals surface area contributed by atoms with Gasteiger partial charge in [0.25, 0.3) is 5.56 Å². The first-order valence-corrected chi connectivity index (χ1v) is 13.9. The van der Waals surface area contributed by atoms with Gasteiger partial charge in [-0.05, 0) is 37.3 Å². The molecule has 2 aliphatic rings. The zero-order chi connectivity index (χ0) is 28.3. The van der Waals surface area contributed by atoms with E-state index in [0.29, 0.717) is 41.6 Å². The van der Waals surface area contributed by atoms with Gasteiger partial charge in [-0.3, -0.25) is 19.3 Å². The molecule has 1 aromatic carbocycles. The van der Waals surface area contributed by atoms with Gasteiger partial charge in [0.15, 0.2) is 5.82 Å². The van der Waals surface area contributed by atoms with Gasteiger partial charge in [0.2, 0.25) is 5.96 Å². The number of nitrogens with zero attached hydrogens (tertiary/aromatic N) is 6. The van der Waals surface area contributed by atoms with Gasteiger partial charge in [-0.2, -0.15) is 0 Å². The summed E-state index contributed by atoms with van der Waals surface area (Å²) in [5.74, 6) is 1.09. The molecular weight excluding hydrogens is 522 g/mol. The normalized spacial score (nSPS) is 16.6. The van der Waals surface area contributed by atoms with E-state index in [-0.39, 0.29) is 17.6 Å². The molecule has 11 nitrogen and oxygen atoms in total. The lowest BCUT2D eigenvalue weighted by Crippen LogP contribution is -2.37. The number of aromatic amines is 1. The highest BCUT2D eigenvalue weighted by Crippen LogP contribution is 2.39. The topological polar surface area (TPSA) is 141 Å². The minimum Gasteiger partial charge on any atom is -0.374 e. The van der Waals surface area contributed by atoms with Crippen LogP contribution >= 0.6 is 0 Å². The second kappa shape index (κ2) is 11.5. The third-order valence-corrected chi connectivity index (χ3v) is 7.37. The predicted molar refractivity (Wildman–Crippen MR) is 155 cm³/mol. The fraction of sp³-hybridized carbons (Fsp3) is 0.367. The van der Waals surface area contributed by atoms with Crippen molar-refractivity contribution in [2.75, 3.05) is 13.7 Å². The van der Waals surface area contributed by atoms with Crippen LogP contribution in [0.25, 0.3) is 22.6 Å². The number of pyridine rings is 1. The smallest absolute Gasteiger partial charge is 0.374 e. The van der Waals surface area contributed by atoms with Crippen molar-refractivity contribution < 1.29 is 9.26 Å². The Labute approximate surface area is 236 Å². The number of methoxy groups -OCH3 is 1. The first-order chi connectivity index (χ1) is 20.1. The number of aryl methyl sites for hydroxylation is 1. The van der Waals surface area contributed by atoms with Gasteiger partial charge in [0.1, 0.15) is 11.9 Å². The summed E-state index contributed by atoms with van der Waals surface area (Å²) in [6, 6.07) is 11.4. The van der Waals surface area contributed by atoms with Crippen LogP contribution in [0.2, 0.25) is 0 Å². The van der Waals surface area contributed by atoms with Crippen molar-refractivity contribution >= 4 is 12.2 Å². The maximum absolute atomic E-state index is 14.1. The van der Waals surface area contributed by atoms with Crippen molar-refractivity contribution in [3.05, 3.63) is 86.1 Å². The summed E-state index contributed by atoms with van der Waals surface area (Å²) in [5, 5.41) is 3.83. The van der Waals surface area contributed by atoms with E-state index in [0.717, 1.165) is 54.7 Å². The van der Waals surface area contributed by atoms with Crippen molar-refractivity contribution in [1.82, 2.24) is 24.7 Å². The SMILES string of the molecule is CCCCc1nc(C2CC2)n(C2=NC[C@@H](OC)C=N2)c(=O)c1Cc1ccc(-c2ccccc2-c2noc(=O)[nH]2)nc1. The Morgan fingerprint density at radius 3 is 2.59 bits per heavy atom. The van der Waals surface area contributed by atoms with Gasteiger partial charge in [0.05, 0.1) is 17.9 Å². The summed E-state index contributed by atoms with van der Waals surface area (Å²) < 4.78 is 11.7. The fourth-order valence-corrected chi connectivity index (χ4v) is 4.98. The second-order valence-electron chi connectivity index (χ2n) is 10.3. The average molecular weight is 554 g/mol. The van der Waals surface area contributed by atoms with E-state index in [1.54, 1.807) is 24.1 Å². The quantitative estimate of drug-likeness (QED) is 0.333. The number of aliphatic imine (C=N–C) groups is 2. The maximum atomic E-state index is 14.1. The molecule has 41 heavy (non-hydrogen) atoms. The second-order valence-corrected chi connectivity index (χ2v) is 10.3. The van der Waals surface area contributed by atoms with Crippen LogP contribution in [0.4, 0.5) is 0 Å². The van der Waals surface area contributed by atoms with Crippen LogP contribution in [0.1, 0.15) is 61.2 Å². The van der Waals surface area contributed by atoms with E-state index < -0.39 is 5.76 Å². The number of benzene rings is 1. The van der Waals surface area contributed by atoms with Crippen molar-refractivity contribution in [2.24, 2.45) is 9.98 Å². The molecule has 3 aromatic heterocycles. The lowest BCUT2D eigenvalue weighted by atomic mass is 10.00. The van der Waals surface area contributed by atoms with E-state index in [9.17, 15) is 9.59 Å². The molecule has 210 valence electrons. The molecule has 0 radical (unpaired) electrons. The summed E-state index contributed by atoms with van der Waals surface area (Å²) in [5.41, 5.74) is 4.46. The van der Waals surface area contributed by atoms with Crippen LogP contribution in [0, 0.1) is 0 Å². The number of rotatable bonds is 9. The summed E-state index contributed by atoms with van der Waals surface area (Å²) in [7, 11) is 1.62. The van der Waals surface area contributed by atoms with Gasteiger partial charge >= 0.3 is 5.76 Å². The molecule has 1 fully saturated rings. The van der Waals surface area contributed by atoms with Crippen molar-refractivity contribution in [2.45, 2.75) is 57.5 Å². The Morgan fingerprint density at radius 2 is 1.95 bits per heavy atom. The highest BCUT2D eigenvalue weighted by Gasteiger charge is 2.32. The number of unbranched alkanes of at least 4 members (excludes halogenated alkanes) is 1. The molecule has 0 unspecified atom stereocenters. The molecule has 1 aliphatic carbocycles. The largest absolute Gasteiger partial charge is 0.439 e. The average Bonchev–Trinajstić information content (AvgIpc) is 3.77. The monoisotopic (exact) mass is 553 g/mol. The molecule has 4 aromatic rings. The standard InChI is InChI=1S/C30H31N7O4/c1-3-4-9-25-23(28(38)37(27(34-25)19-11-12-19)29-32-16-20(40-2)17-33-29)14-18-10-13-24(31-15-18)21-7-5-6-8-22(21)26-35-30(39)41-36-26/h5-8,10,13,15-16,19-20H,3-4,9,11-12,14,17H2,1-2H3,(H,35,36,39)/t20-/m0/s1. The minimum absolute atomic E-state index is 0.121. The zero-order valence-electron chi connectivity index (χ0n) is 23.0. The summed E-state index contributed by atoms with van der Waals surface area (Å²) >= 11 is 0. The van der Waals surface area contributed by atoms with Gasteiger partial charge < -0.3 is 4.74 Å². The molecular formula is C30H31N7O4. The molecule has 1 atom stereocenters. The fourth-order valence-electron chi connectivity index (χ4n) is 4.98. The Balaban J connectivity index is 1.36. The highest BCUT2D eigenvalue weighted by molar-refractivity contribution is 5.92. The van der Waals surface area contributed by atoms with Crippen molar-refractivity contribution in [3.8, 4) is 22.6 Å². The summed E-state index contributed by atoms with van der Waals surface area (Å²) in [6.45, 7) is 2.55. The van der Waals surface area contributed by atoms with Crippen LogP contribution in [-0.4, -0.2) is 56.6 Å². The molecule has 0 saturated heterocycles. The van der Waals surface area contributed by atoms with E-state index in [1.807, 2.05) is 36.4 Å². The highest BCUT2D eigenvalue weighted by atomic mass is 16.5. The maximum Gasteiger partial charge on any atom is 0.439 e. The van der Waals surface area contributed by atoms with Gasteiger partial charge in [-0.1, -0.05) is 48.8 Å². The number of H-pyrrole nitrogens is 1. The third-order valence-electron chi connectivity index (χ3n) is 7.37. The number of ether oxygens (including phenoxy) is 1. The van der Waals surface area contributed by atoms with Crippen LogP contribution in [0.15, 0.2) is 66.7 Å². The van der Waals surface area contributed by atoms with E-state index in [1.165, 1.54) is 0 Å². The minimum atomic E-state index is -0.618. The Bertz CT molecular complexity index is 1730. The molecule has 4 heterocycles. The summed E-state index contributed by atoms with van der Waals surface area (Å²) in [4.78, 5) is 47.1. The van der Waals surface area contributed by atoms with E-state index in [4.69, 9.17) is 19.2 Å². The lowest BCUT2D eigenvalue weighted by Gasteiger charge is -2.19. The predicted octanol–water partition coefficient (Wildman–Crippen LogP) is 3.76. The first kappa shape index (κ1) is 26.7. The Morgan fingerprint density at radius 1 is 1.12 bits per heavy atom. The molecule has 1 aliphatic heterocycles. The van der Waals surface area contributed by atoms with Gasteiger partial charge in [0, 0.05) is 48.6 Å². The van der Waals surface area contributed by atoms with E-state index >= 15 is 0 Å². The summed E-state index contributed by atoms with van der Waals surface area (Å²) in [6.07, 6.45) is 8.36. The third kappa shape index (κ3) is 5.58. The van der Waals surface area contributed by atoms with Crippen LogP contribution < -0.4 is 11.3 Å². The Kier molecular flexibility index (Phi) is 7.51. The van der Waals surface area contributed by atoms with Crippen LogP contribution in [0.5, 0.6) is 0 Å².